The molecular formula is C12H15NO2. The van der Waals surface area contributed by atoms with E-state index >= 15 is 0 Å². The van der Waals surface area contributed by atoms with Crippen LogP contribution in [0.2, 0.25) is 0 Å². The van der Waals surface area contributed by atoms with Crippen molar-refractivity contribution >= 4 is 5.97 Å². The van der Waals surface area contributed by atoms with E-state index in [1.54, 1.807) is 0 Å². The number of hydrogen-bond acceptors (Lipinski definition) is 3. The third-order valence-electron chi connectivity index (χ3n) is 2.83. The maximum atomic E-state index is 11.3. The monoisotopic (exact) mass is 205 g/mol. The standard InChI is InChI=1S/C12H15NO2/c1-15-12(14)11-8-7-10(13-11)9-5-3-2-4-6-9/h2-6,10-11,13H,7-8H2,1H3/t10-,11-/m1/s1. The lowest BCUT2D eigenvalue weighted by Gasteiger charge is -2.12. The first-order valence-corrected chi connectivity index (χ1v) is 5.20. The molecule has 3 heteroatoms. The molecule has 1 heterocycles. The van der Waals surface area contributed by atoms with Gasteiger partial charge in [-0.3, -0.25) is 10.1 Å². The number of benzene rings is 1. The van der Waals surface area contributed by atoms with Crippen LogP contribution in [0.1, 0.15) is 24.4 Å². The highest BCUT2D eigenvalue weighted by atomic mass is 16.5. The lowest BCUT2D eigenvalue weighted by atomic mass is 10.1. The van der Waals surface area contributed by atoms with E-state index in [0.717, 1.165) is 12.8 Å². The molecule has 1 aromatic rings. The van der Waals surface area contributed by atoms with Gasteiger partial charge in [-0.05, 0) is 18.4 Å². The molecule has 80 valence electrons. The van der Waals surface area contributed by atoms with E-state index in [0.29, 0.717) is 0 Å². The lowest BCUT2D eigenvalue weighted by molar-refractivity contribution is -0.142. The maximum Gasteiger partial charge on any atom is 0.322 e. The van der Waals surface area contributed by atoms with Gasteiger partial charge in [-0.25, -0.2) is 0 Å². The molecule has 1 fully saturated rings. The molecule has 3 nitrogen and oxygen atoms in total. The van der Waals surface area contributed by atoms with Gasteiger partial charge >= 0.3 is 5.97 Å². The number of esters is 1. The highest BCUT2D eigenvalue weighted by molar-refractivity contribution is 5.76. The molecule has 0 spiro atoms. The van der Waals surface area contributed by atoms with Crippen molar-refractivity contribution in [2.24, 2.45) is 0 Å². The van der Waals surface area contributed by atoms with Crippen molar-refractivity contribution in [2.45, 2.75) is 24.9 Å². The minimum atomic E-state index is -0.159. The van der Waals surface area contributed by atoms with Gasteiger partial charge in [0, 0.05) is 6.04 Å². The zero-order valence-corrected chi connectivity index (χ0v) is 8.77. The van der Waals surface area contributed by atoms with Gasteiger partial charge in [0.05, 0.1) is 7.11 Å². The van der Waals surface area contributed by atoms with Crippen LogP contribution in [0.25, 0.3) is 0 Å². The van der Waals surface area contributed by atoms with Crippen molar-refractivity contribution in [1.29, 1.82) is 0 Å². The Balaban J connectivity index is 2.02. The average molecular weight is 205 g/mol. The second kappa shape index (κ2) is 4.45. The van der Waals surface area contributed by atoms with E-state index in [1.807, 2.05) is 18.2 Å². The van der Waals surface area contributed by atoms with E-state index in [1.165, 1.54) is 12.7 Å². The SMILES string of the molecule is COC(=O)[C@H]1CC[C@H](c2ccccc2)N1. The first-order chi connectivity index (χ1) is 7.31. The van der Waals surface area contributed by atoms with E-state index in [4.69, 9.17) is 4.74 Å². The fourth-order valence-electron chi connectivity index (χ4n) is 2.02. The van der Waals surface area contributed by atoms with Gasteiger partial charge in [0.25, 0.3) is 0 Å². The summed E-state index contributed by atoms with van der Waals surface area (Å²) in [7, 11) is 1.43. The highest BCUT2D eigenvalue weighted by Crippen LogP contribution is 2.26. The predicted molar refractivity (Wildman–Crippen MR) is 57.4 cm³/mol. The molecule has 0 amide bonds. The number of hydrogen-bond donors (Lipinski definition) is 1. The Morgan fingerprint density at radius 1 is 1.33 bits per heavy atom. The highest BCUT2D eigenvalue weighted by Gasteiger charge is 2.30. The summed E-state index contributed by atoms with van der Waals surface area (Å²) in [5.41, 5.74) is 1.24. The van der Waals surface area contributed by atoms with Gasteiger partial charge in [-0.1, -0.05) is 30.3 Å². The molecular weight excluding hydrogens is 190 g/mol. The predicted octanol–water partition coefficient (Wildman–Crippen LogP) is 1.65. The summed E-state index contributed by atoms with van der Waals surface area (Å²) in [5, 5.41) is 3.28. The number of rotatable bonds is 2. The molecule has 0 radical (unpaired) electrons. The van der Waals surface area contributed by atoms with Crippen molar-refractivity contribution in [2.75, 3.05) is 7.11 Å². The number of carbonyl (C=O) groups is 1. The average Bonchev–Trinajstić information content (AvgIpc) is 2.78. The summed E-state index contributed by atoms with van der Waals surface area (Å²) in [5.74, 6) is -0.159. The zero-order chi connectivity index (χ0) is 10.7. The summed E-state index contributed by atoms with van der Waals surface area (Å²) in [6.07, 6.45) is 1.84. The summed E-state index contributed by atoms with van der Waals surface area (Å²) in [6, 6.07) is 10.3. The Kier molecular flexibility index (Phi) is 3.02. The van der Waals surface area contributed by atoms with Crippen molar-refractivity contribution in [1.82, 2.24) is 5.32 Å². The third-order valence-corrected chi connectivity index (χ3v) is 2.83. The molecule has 0 saturated carbocycles. The van der Waals surface area contributed by atoms with Crippen molar-refractivity contribution in [3.63, 3.8) is 0 Å². The van der Waals surface area contributed by atoms with Crippen LogP contribution in [-0.2, 0) is 9.53 Å². The first kappa shape index (κ1) is 10.2. The van der Waals surface area contributed by atoms with Gasteiger partial charge in [-0.2, -0.15) is 0 Å². The minimum Gasteiger partial charge on any atom is -0.468 e. The molecule has 0 bridgehead atoms. The molecule has 2 rings (SSSR count). The second-order valence-corrected chi connectivity index (χ2v) is 3.78. The summed E-state index contributed by atoms with van der Waals surface area (Å²) < 4.78 is 4.72. The Hall–Kier alpha value is -1.35. The van der Waals surface area contributed by atoms with Crippen molar-refractivity contribution in [3.05, 3.63) is 35.9 Å². The van der Waals surface area contributed by atoms with Crippen LogP contribution in [0.5, 0.6) is 0 Å². The summed E-state index contributed by atoms with van der Waals surface area (Å²) in [4.78, 5) is 11.3. The Morgan fingerprint density at radius 3 is 2.73 bits per heavy atom. The quantitative estimate of drug-likeness (QED) is 0.746. The van der Waals surface area contributed by atoms with Crippen LogP contribution in [-0.4, -0.2) is 19.1 Å². The van der Waals surface area contributed by atoms with Crippen molar-refractivity contribution < 1.29 is 9.53 Å². The number of carbonyl (C=O) groups excluding carboxylic acids is 1. The van der Waals surface area contributed by atoms with Gasteiger partial charge in [0.2, 0.25) is 0 Å². The molecule has 0 aromatic heterocycles. The molecule has 0 unspecified atom stereocenters. The van der Waals surface area contributed by atoms with Crippen LogP contribution in [0.3, 0.4) is 0 Å². The largest absolute Gasteiger partial charge is 0.468 e. The van der Waals surface area contributed by atoms with Crippen LogP contribution in [0, 0.1) is 0 Å². The van der Waals surface area contributed by atoms with Crippen LogP contribution in [0.15, 0.2) is 30.3 Å². The molecule has 1 aliphatic heterocycles. The number of nitrogens with one attached hydrogen (secondary N) is 1. The van der Waals surface area contributed by atoms with E-state index in [9.17, 15) is 4.79 Å². The smallest absolute Gasteiger partial charge is 0.322 e. The van der Waals surface area contributed by atoms with Crippen LogP contribution < -0.4 is 5.32 Å². The number of methoxy groups -OCH3 is 1. The molecule has 15 heavy (non-hydrogen) atoms. The van der Waals surface area contributed by atoms with E-state index < -0.39 is 0 Å². The van der Waals surface area contributed by atoms with Gasteiger partial charge < -0.3 is 4.74 Å². The molecule has 0 aliphatic carbocycles. The third kappa shape index (κ3) is 2.18. The van der Waals surface area contributed by atoms with E-state index in [-0.39, 0.29) is 18.1 Å². The maximum absolute atomic E-state index is 11.3. The lowest BCUT2D eigenvalue weighted by Crippen LogP contribution is -2.33. The van der Waals surface area contributed by atoms with Gasteiger partial charge in [0.15, 0.2) is 0 Å². The normalized spacial score (nSPS) is 25.1. The fourth-order valence-corrected chi connectivity index (χ4v) is 2.02. The fraction of sp³-hybridized carbons (Fsp3) is 0.417. The molecule has 1 aromatic carbocycles. The Morgan fingerprint density at radius 2 is 2.07 bits per heavy atom. The second-order valence-electron chi connectivity index (χ2n) is 3.78. The first-order valence-electron chi connectivity index (χ1n) is 5.20. The summed E-state index contributed by atoms with van der Waals surface area (Å²) >= 11 is 0. The number of ether oxygens (including phenoxy) is 1. The molecule has 1 aliphatic rings. The molecule has 1 saturated heterocycles. The topological polar surface area (TPSA) is 38.3 Å². The van der Waals surface area contributed by atoms with Gasteiger partial charge in [-0.15, -0.1) is 0 Å². The van der Waals surface area contributed by atoms with Crippen LogP contribution in [0.4, 0.5) is 0 Å². The summed E-state index contributed by atoms with van der Waals surface area (Å²) in [6.45, 7) is 0. The van der Waals surface area contributed by atoms with E-state index in [2.05, 4.69) is 17.4 Å². The minimum absolute atomic E-state index is 0.139. The molecule has 2 atom stereocenters. The van der Waals surface area contributed by atoms with Gasteiger partial charge in [0.1, 0.15) is 6.04 Å². The van der Waals surface area contributed by atoms with Crippen LogP contribution >= 0.6 is 0 Å². The zero-order valence-electron chi connectivity index (χ0n) is 8.77. The van der Waals surface area contributed by atoms with Crippen molar-refractivity contribution in [3.8, 4) is 0 Å². The molecule has 1 N–H and O–H groups in total. The Bertz CT molecular complexity index is 337. The Labute approximate surface area is 89.4 Å².